The zero-order chi connectivity index (χ0) is 7.28. The molecule has 56 valence electrons. The van der Waals surface area contributed by atoms with Crippen molar-refractivity contribution < 1.29 is 8.76 Å². The molecule has 0 aliphatic carbocycles. The Bertz CT molecular complexity index is 101. The molecule has 2 atom stereocenters. The summed E-state index contributed by atoms with van der Waals surface area (Å²) >= 11 is 3.26. The second-order valence-corrected chi connectivity index (χ2v) is 3.15. The molecule has 0 bridgehead atoms. The fourth-order valence-corrected chi connectivity index (χ4v) is 0.689. The molecule has 0 radical (unpaired) electrons. The molecule has 0 heterocycles. The van der Waals surface area contributed by atoms with Crippen molar-refractivity contribution in [3.63, 3.8) is 0 Å². The molecule has 0 rings (SSSR count). The molecule has 2 unspecified atom stereocenters. The van der Waals surface area contributed by atoms with Gasteiger partial charge in [0.15, 0.2) is 0 Å². The van der Waals surface area contributed by atoms with Crippen LogP contribution in [0.25, 0.3) is 0 Å². The Labute approximate surface area is 62.1 Å². The molecule has 0 aromatic rings. The predicted octanol–water partition coefficient (Wildman–Crippen LogP) is 0.0399. The first kappa shape index (κ1) is 9.36. The van der Waals surface area contributed by atoms with Gasteiger partial charge in [-0.2, -0.15) is 0 Å². The number of rotatable bonds is 4. The third-order valence-electron chi connectivity index (χ3n) is 0.815. The topological polar surface area (TPSA) is 52.2 Å². The highest BCUT2D eigenvalue weighted by molar-refractivity contribution is 7.79. The van der Waals surface area contributed by atoms with E-state index < -0.39 is 16.5 Å². The van der Waals surface area contributed by atoms with Gasteiger partial charge in [0.1, 0.15) is 0 Å². The molecule has 0 aliphatic heterocycles. The zero-order valence-electron chi connectivity index (χ0n) is 5.09. The minimum atomic E-state index is -2.03. The Morgan fingerprint density at radius 3 is 2.78 bits per heavy atom. The van der Waals surface area contributed by atoms with Crippen molar-refractivity contribution >= 4 is 22.7 Å². The average Bonchev–Trinajstić information content (AvgIpc) is 1.82. The van der Waals surface area contributed by atoms with Crippen LogP contribution in [0.15, 0.2) is 0 Å². The second-order valence-electron chi connectivity index (χ2n) is 1.55. The lowest BCUT2D eigenvalue weighted by molar-refractivity contribution is 0.511. The minimum absolute atomic E-state index is 0.432. The van der Waals surface area contributed by atoms with Gasteiger partial charge in [-0.3, -0.25) is 4.21 Å². The van der Waals surface area contributed by atoms with Crippen molar-refractivity contribution in [2.45, 2.75) is 12.3 Å². The molecule has 0 aromatic heterocycles. The summed E-state index contributed by atoms with van der Waals surface area (Å²) < 4.78 is 20.2. The maximum atomic E-state index is 10.1. The SMILES string of the molecule is CC(NCCCl)S(=O)[O-]. The summed E-state index contributed by atoms with van der Waals surface area (Å²) in [5, 5.41) is 2.19. The van der Waals surface area contributed by atoms with E-state index in [1.54, 1.807) is 6.92 Å². The molecule has 0 saturated heterocycles. The van der Waals surface area contributed by atoms with Crippen LogP contribution in [0.2, 0.25) is 0 Å². The Morgan fingerprint density at radius 1 is 1.89 bits per heavy atom. The summed E-state index contributed by atoms with van der Waals surface area (Å²) in [5.74, 6) is 0.432. The molecule has 0 amide bonds. The summed E-state index contributed by atoms with van der Waals surface area (Å²) in [4.78, 5) is 0. The van der Waals surface area contributed by atoms with E-state index >= 15 is 0 Å². The minimum Gasteiger partial charge on any atom is -0.771 e. The molecular formula is C4H9ClNO2S-. The van der Waals surface area contributed by atoms with Gasteiger partial charge < -0.3 is 9.87 Å². The Balaban J connectivity index is 3.27. The van der Waals surface area contributed by atoms with E-state index in [9.17, 15) is 8.76 Å². The molecule has 5 heteroatoms. The quantitative estimate of drug-likeness (QED) is 0.479. The van der Waals surface area contributed by atoms with Gasteiger partial charge in [0, 0.05) is 12.4 Å². The normalized spacial score (nSPS) is 17.2. The van der Waals surface area contributed by atoms with Crippen LogP contribution >= 0.6 is 11.6 Å². The van der Waals surface area contributed by atoms with E-state index in [0.717, 1.165) is 0 Å². The van der Waals surface area contributed by atoms with E-state index in [4.69, 9.17) is 11.6 Å². The van der Waals surface area contributed by atoms with Crippen molar-refractivity contribution in [2.24, 2.45) is 0 Å². The lowest BCUT2D eigenvalue weighted by Gasteiger charge is -2.14. The van der Waals surface area contributed by atoms with Gasteiger partial charge in [0.25, 0.3) is 0 Å². The van der Waals surface area contributed by atoms with Gasteiger partial charge in [0.05, 0.1) is 5.37 Å². The first-order chi connectivity index (χ1) is 4.18. The summed E-state index contributed by atoms with van der Waals surface area (Å²) in [6.07, 6.45) is 0. The summed E-state index contributed by atoms with van der Waals surface area (Å²) in [6.45, 7) is 2.09. The lowest BCUT2D eigenvalue weighted by atomic mass is 10.6. The van der Waals surface area contributed by atoms with Crippen LogP contribution in [0.1, 0.15) is 6.92 Å². The van der Waals surface area contributed by atoms with Gasteiger partial charge in [0.2, 0.25) is 0 Å². The van der Waals surface area contributed by atoms with E-state index in [1.807, 2.05) is 0 Å². The average molecular weight is 171 g/mol. The van der Waals surface area contributed by atoms with Crippen molar-refractivity contribution in [1.82, 2.24) is 5.32 Å². The fourth-order valence-electron chi connectivity index (χ4n) is 0.326. The molecule has 0 spiro atoms. The van der Waals surface area contributed by atoms with Gasteiger partial charge in [-0.1, -0.05) is 0 Å². The largest absolute Gasteiger partial charge is 0.771 e. The standard InChI is InChI=1S/C4H10ClNO2S/c1-4(9(7)8)6-3-2-5/h4,6H,2-3H2,1H3,(H,7,8)/p-1. The van der Waals surface area contributed by atoms with E-state index in [2.05, 4.69) is 5.32 Å². The van der Waals surface area contributed by atoms with Crippen LogP contribution in [-0.2, 0) is 11.1 Å². The molecule has 0 saturated carbocycles. The van der Waals surface area contributed by atoms with E-state index in [0.29, 0.717) is 12.4 Å². The van der Waals surface area contributed by atoms with Crippen LogP contribution in [0.3, 0.4) is 0 Å². The van der Waals surface area contributed by atoms with Crippen LogP contribution in [0.4, 0.5) is 0 Å². The molecule has 0 aliphatic rings. The zero-order valence-corrected chi connectivity index (χ0v) is 6.67. The van der Waals surface area contributed by atoms with Gasteiger partial charge in [-0.15, -0.1) is 11.6 Å². The predicted molar refractivity (Wildman–Crippen MR) is 37.1 cm³/mol. The third kappa shape index (κ3) is 4.84. The monoisotopic (exact) mass is 170 g/mol. The van der Waals surface area contributed by atoms with Crippen molar-refractivity contribution in [3.8, 4) is 0 Å². The van der Waals surface area contributed by atoms with Crippen LogP contribution in [-0.4, -0.2) is 26.6 Å². The van der Waals surface area contributed by atoms with Gasteiger partial charge >= 0.3 is 0 Å². The number of hydrogen-bond acceptors (Lipinski definition) is 3. The van der Waals surface area contributed by atoms with Crippen LogP contribution in [0.5, 0.6) is 0 Å². The maximum absolute atomic E-state index is 10.1. The fraction of sp³-hybridized carbons (Fsp3) is 1.00. The second kappa shape index (κ2) is 5.17. The van der Waals surface area contributed by atoms with Gasteiger partial charge in [-0.25, -0.2) is 0 Å². The first-order valence-corrected chi connectivity index (χ1v) is 4.23. The number of alkyl halides is 1. The van der Waals surface area contributed by atoms with Gasteiger partial charge in [-0.05, 0) is 18.0 Å². The number of halogens is 1. The highest BCUT2D eigenvalue weighted by Crippen LogP contribution is 1.84. The van der Waals surface area contributed by atoms with Crippen LogP contribution in [0, 0.1) is 0 Å². The number of hydrogen-bond donors (Lipinski definition) is 1. The molecule has 0 fully saturated rings. The summed E-state index contributed by atoms with van der Waals surface area (Å²) in [6, 6.07) is 0. The van der Waals surface area contributed by atoms with E-state index in [-0.39, 0.29) is 0 Å². The molecule has 0 aromatic carbocycles. The highest BCUT2D eigenvalue weighted by atomic mass is 35.5. The summed E-state index contributed by atoms with van der Waals surface area (Å²) in [7, 11) is 0. The molecule has 1 N–H and O–H groups in total. The Morgan fingerprint density at radius 2 is 2.44 bits per heavy atom. The molecular weight excluding hydrogens is 162 g/mol. The third-order valence-corrected chi connectivity index (χ3v) is 1.75. The Hall–Kier alpha value is 0.360. The van der Waals surface area contributed by atoms with Crippen molar-refractivity contribution in [3.05, 3.63) is 0 Å². The summed E-state index contributed by atoms with van der Waals surface area (Å²) in [5.41, 5.74) is 0. The Kier molecular flexibility index (Phi) is 5.38. The van der Waals surface area contributed by atoms with E-state index in [1.165, 1.54) is 0 Å². The number of nitrogens with one attached hydrogen (secondary N) is 1. The maximum Gasteiger partial charge on any atom is 0.0673 e. The lowest BCUT2D eigenvalue weighted by Crippen LogP contribution is -2.31. The first-order valence-electron chi connectivity index (χ1n) is 2.56. The van der Waals surface area contributed by atoms with Crippen molar-refractivity contribution in [1.29, 1.82) is 0 Å². The van der Waals surface area contributed by atoms with Crippen LogP contribution < -0.4 is 5.32 Å². The highest BCUT2D eigenvalue weighted by Gasteiger charge is 1.96. The molecule has 3 nitrogen and oxygen atoms in total. The van der Waals surface area contributed by atoms with Crippen molar-refractivity contribution in [2.75, 3.05) is 12.4 Å². The molecule has 9 heavy (non-hydrogen) atoms. The smallest absolute Gasteiger partial charge is 0.0673 e.